The summed E-state index contributed by atoms with van der Waals surface area (Å²) in [5.74, 6) is 1.03. The highest BCUT2D eigenvalue weighted by molar-refractivity contribution is 5.43. The van der Waals surface area contributed by atoms with Gasteiger partial charge in [-0.3, -0.25) is 4.90 Å². The van der Waals surface area contributed by atoms with Crippen molar-refractivity contribution in [3.05, 3.63) is 84.3 Å². The average Bonchev–Trinajstić information content (AvgIpc) is 3.07. The summed E-state index contributed by atoms with van der Waals surface area (Å²) in [5, 5.41) is 15.3. The predicted octanol–water partition coefficient (Wildman–Crippen LogP) is 5.90. The van der Waals surface area contributed by atoms with Crippen molar-refractivity contribution in [2.75, 3.05) is 13.1 Å². The minimum Gasteiger partial charge on any atom is -0.438 e. The minimum absolute atomic E-state index is 0.358. The summed E-state index contributed by atoms with van der Waals surface area (Å²) in [6, 6.07) is 15.9. The van der Waals surface area contributed by atoms with Crippen LogP contribution in [0.1, 0.15) is 37.9 Å². The summed E-state index contributed by atoms with van der Waals surface area (Å²) in [4.78, 5) is 2.23. The summed E-state index contributed by atoms with van der Waals surface area (Å²) in [5.41, 5.74) is 2.61. The van der Waals surface area contributed by atoms with Crippen molar-refractivity contribution in [3.63, 3.8) is 0 Å². The second-order valence-electron chi connectivity index (χ2n) is 8.78. The monoisotopic (exact) mass is 451 g/mol. The molecule has 1 atom stereocenters. The molecule has 6 heteroatoms. The van der Waals surface area contributed by atoms with Crippen molar-refractivity contribution in [2.45, 2.75) is 46.3 Å². The van der Waals surface area contributed by atoms with Gasteiger partial charge >= 0.3 is 0 Å². The first-order valence-corrected chi connectivity index (χ1v) is 11.5. The molecule has 176 valence electrons. The molecule has 5 nitrogen and oxygen atoms in total. The second kappa shape index (κ2) is 11.8. The van der Waals surface area contributed by atoms with Gasteiger partial charge in [0.2, 0.25) is 5.88 Å². The van der Waals surface area contributed by atoms with Crippen molar-refractivity contribution < 1.29 is 14.2 Å². The third-order valence-corrected chi connectivity index (χ3v) is 5.33. The van der Waals surface area contributed by atoms with E-state index < -0.39 is 6.10 Å². The van der Waals surface area contributed by atoms with E-state index in [2.05, 4.69) is 25.3 Å². The van der Waals surface area contributed by atoms with Gasteiger partial charge in [0.15, 0.2) is 0 Å². The standard InChI is InChI=1S/C27H34FN3O2/c1-5-6-14-24(32)18-30(17-20(2)3)19-26-21(4)29-31(23-12-8-7-9-13-23)27(26)33-25-15-10-11-22(28)16-25/h5,7-13,15-16,20,24,32H,1,6,14,17-19H2,2-4H3/t24-/m1/s1. The zero-order valence-electron chi connectivity index (χ0n) is 19.7. The fourth-order valence-corrected chi connectivity index (χ4v) is 3.85. The Labute approximate surface area is 196 Å². The van der Waals surface area contributed by atoms with E-state index in [9.17, 15) is 9.50 Å². The number of ether oxygens (including phenoxy) is 1. The first-order valence-electron chi connectivity index (χ1n) is 11.5. The Morgan fingerprint density at radius 1 is 1.15 bits per heavy atom. The first kappa shape index (κ1) is 24.7. The fraction of sp³-hybridized carbons (Fsp3) is 0.370. The van der Waals surface area contributed by atoms with Crippen molar-refractivity contribution in [1.82, 2.24) is 14.7 Å². The largest absolute Gasteiger partial charge is 0.438 e. The van der Waals surface area contributed by atoms with E-state index in [1.165, 1.54) is 12.1 Å². The summed E-state index contributed by atoms with van der Waals surface area (Å²) in [6.45, 7) is 11.9. The minimum atomic E-state index is -0.446. The Hall–Kier alpha value is -2.96. The molecule has 0 radical (unpaired) electrons. The molecule has 0 aliphatic rings. The number of benzene rings is 2. The molecule has 0 fully saturated rings. The molecule has 3 aromatic rings. The van der Waals surface area contributed by atoms with Gasteiger partial charge in [0.05, 0.1) is 23.0 Å². The number of aliphatic hydroxyl groups excluding tert-OH is 1. The van der Waals surface area contributed by atoms with Crippen molar-refractivity contribution in [1.29, 1.82) is 0 Å². The van der Waals surface area contributed by atoms with Crippen LogP contribution in [-0.4, -0.2) is 39.0 Å². The van der Waals surface area contributed by atoms with E-state index in [1.54, 1.807) is 16.8 Å². The van der Waals surface area contributed by atoms with Gasteiger partial charge in [0, 0.05) is 25.7 Å². The van der Waals surface area contributed by atoms with Crippen LogP contribution in [0.15, 0.2) is 67.3 Å². The number of aryl methyl sites for hydroxylation is 1. The van der Waals surface area contributed by atoms with Crippen molar-refractivity contribution in [2.24, 2.45) is 5.92 Å². The Morgan fingerprint density at radius 3 is 2.58 bits per heavy atom. The molecule has 0 aliphatic heterocycles. The van der Waals surface area contributed by atoms with Crippen LogP contribution < -0.4 is 4.74 Å². The summed E-state index contributed by atoms with van der Waals surface area (Å²) >= 11 is 0. The van der Waals surface area contributed by atoms with Crippen LogP contribution in [0.4, 0.5) is 4.39 Å². The van der Waals surface area contributed by atoms with Crippen LogP contribution in [0.2, 0.25) is 0 Å². The average molecular weight is 452 g/mol. The highest BCUT2D eigenvalue weighted by Gasteiger charge is 2.23. The third kappa shape index (κ3) is 7.01. The molecular weight excluding hydrogens is 417 g/mol. The van der Waals surface area contributed by atoms with E-state index in [0.717, 1.165) is 29.9 Å². The number of hydrogen-bond donors (Lipinski definition) is 1. The van der Waals surface area contributed by atoms with Crippen LogP contribution >= 0.6 is 0 Å². The molecule has 1 heterocycles. The van der Waals surface area contributed by atoms with Gasteiger partial charge < -0.3 is 9.84 Å². The molecule has 1 N–H and O–H groups in total. The SMILES string of the molecule is C=CCC[C@@H](O)CN(Cc1c(C)nn(-c2ccccc2)c1Oc1cccc(F)c1)CC(C)C. The zero-order valence-corrected chi connectivity index (χ0v) is 19.7. The molecule has 0 amide bonds. The summed E-state index contributed by atoms with van der Waals surface area (Å²) < 4.78 is 21.8. The van der Waals surface area contributed by atoms with Gasteiger partial charge in [-0.1, -0.05) is 44.2 Å². The van der Waals surface area contributed by atoms with E-state index >= 15 is 0 Å². The number of hydrogen-bond acceptors (Lipinski definition) is 4. The van der Waals surface area contributed by atoms with Crippen molar-refractivity contribution in [3.8, 4) is 17.3 Å². The lowest BCUT2D eigenvalue weighted by molar-refractivity contribution is 0.0952. The molecule has 0 bridgehead atoms. The Morgan fingerprint density at radius 2 is 1.91 bits per heavy atom. The number of halogens is 1. The molecule has 0 aliphatic carbocycles. The van der Waals surface area contributed by atoms with E-state index in [0.29, 0.717) is 37.1 Å². The van der Waals surface area contributed by atoms with Crippen LogP contribution in [0, 0.1) is 18.7 Å². The normalized spacial score (nSPS) is 12.3. The highest BCUT2D eigenvalue weighted by atomic mass is 19.1. The lowest BCUT2D eigenvalue weighted by Crippen LogP contribution is -2.35. The molecule has 0 spiro atoms. The number of para-hydroxylation sites is 1. The first-order chi connectivity index (χ1) is 15.9. The van der Waals surface area contributed by atoms with Crippen LogP contribution in [0.25, 0.3) is 5.69 Å². The van der Waals surface area contributed by atoms with Crippen LogP contribution in [0.3, 0.4) is 0 Å². The smallest absolute Gasteiger partial charge is 0.227 e. The molecule has 33 heavy (non-hydrogen) atoms. The number of rotatable bonds is 12. The maximum atomic E-state index is 13.9. The molecule has 1 aromatic heterocycles. The second-order valence-corrected chi connectivity index (χ2v) is 8.78. The molecule has 0 unspecified atom stereocenters. The van der Waals surface area contributed by atoms with E-state index in [-0.39, 0.29) is 5.82 Å². The third-order valence-electron chi connectivity index (χ3n) is 5.33. The number of aliphatic hydroxyl groups is 1. The lowest BCUT2D eigenvalue weighted by atomic mass is 10.1. The lowest BCUT2D eigenvalue weighted by Gasteiger charge is -2.27. The molecular formula is C27H34FN3O2. The maximum Gasteiger partial charge on any atom is 0.227 e. The van der Waals surface area contributed by atoms with Gasteiger partial charge in [-0.05, 0) is 49.9 Å². The van der Waals surface area contributed by atoms with Gasteiger partial charge in [0.1, 0.15) is 11.6 Å². The highest BCUT2D eigenvalue weighted by Crippen LogP contribution is 2.32. The Bertz CT molecular complexity index is 1030. The van der Waals surface area contributed by atoms with E-state index in [4.69, 9.17) is 9.84 Å². The number of aromatic nitrogens is 2. The number of allylic oxidation sites excluding steroid dienone is 1. The Kier molecular flexibility index (Phi) is 8.80. The van der Waals surface area contributed by atoms with E-state index in [1.807, 2.05) is 43.3 Å². The van der Waals surface area contributed by atoms with Gasteiger partial charge in [-0.2, -0.15) is 5.10 Å². The maximum absolute atomic E-state index is 13.9. The predicted molar refractivity (Wildman–Crippen MR) is 130 cm³/mol. The quantitative estimate of drug-likeness (QED) is 0.349. The van der Waals surface area contributed by atoms with Crippen LogP contribution in [-0.2, 0) is 6.54 Å². The van der Waals surface area contributed by atoms with Crippen molar-refractivity contribution >= 4 is 0 Å². The topological polar surface area (TPSA) is 50.5 Å². The van der Waals surface area contributed by atoms with Gasteiger partial charge in [0.25, 0.3) is 0 Å². The molecule has 2 aromatic carbocycles. The Balaban J connectivity index is 1.97. The molecule has 3 rings (SSSR count). The van der Waals surface area contributed by atoms with Gasteiger partial charge in [-0.15, -0.1) is 6.58 Å². The fourth-order valence-electron chi connectivity index (χ4n) is 3.85. The summed E-state index contributed by atoms with van der Waals surface area (Å²) in [7, 11) is 0. The zero-order chi connectivity index (χ0) is 23.8. The number of nitrogens with zero attached hydrogens (tertiary/aromatic N) is 3. The summed E-state index contributed by atoms with van der Waals surface area (Å²) in [6.07, 6.45) is 2.83. The van der Waals surface area contributed by atoms with Gasteiger partial charge in [-0.25, -0.2) is 9.07 Å². The molecule has 0 saturated heterocycles. The van der Waals surface area contributed by atoms with Crippen LogP contribution in [0.5, 0.6) is 11.6 Å². The molecule has 0 saturated carbocycles.